The first-order valence-corrected chi connectivity index (χ1v) is 13.4. The van der Waals surface area contributed by atoms with Gasteiger partial charge in [0.05, 0.1) is 0 Å². The van der Waals surface area contributed by atoms with Crippen molar-refractivity contribution in [2.75, 3.05) is 18.4 Å². The Morgan fingerprint density at radius 1 is 1.15 bits per heavy atom. The lowest BCUT2D eigenvalue weighted by Gasteiger charge is -2.30. The van der Waals surface area contributed by atoms with Crippen molar-refractivity contribution < 1.29 is 17.7 Å². The molecule has 2 aliphatic rings. The van der Waals surface area contributed by atoms with Crippen LogP contribution in [0.25, 0.3) is 11.4 Å². The quantitative estimate of drug-likeness (QED) is 0.556. The number of benzene rings is 1. The van der Waals surface area contributed by atoms with Crippen molar-refractivity contribution in [2.45, 2.75) is 49.7 Å². The summed E-state index contributed by atoms with van der Waals surface area (Å²) in [6.07, 6.45) is 3.10. The van der Waals surface area contributed by atoms with Crippen LogP contribution in [-0.2, 0) is 14.8 Å². The van der Waals surface area contributed by atoms with E-state index in [-0.39, 0.29) is 16.0 Å². The molecular weight excluding hydrogens is 460 g/mol. The summed E-state index contributed by atoms with van der Waals surface area (Å²) in [5.74, 6) is 1.14. The minimum atomic E-state index is -3.63. The molecule has 2 fully saturated rings. The molecule has 0 spiro atoms. The number of aryl methyl sites for hydroxylation is 2. The van der Waals surface area contributed by atoms with Gasteiger partial charge in [-0.25, -0.2) is 8.42 Å². The maximum absolute atomic E-state index is 13.2. The summed E-state index contributed by atoms with van der Waals surface area (Å²) in [7, 11) is -3.63. The summed E-state index contributed by atoms with van der Waals surface area (Å²) in [4.78, 5) is 17.2. The lowest BCUT2D eigenvalue weighted by Crippen LogP contribution is -2.41. The Morgan fingerprint density at radius 3 is 2.64 bits per heavy atom. The van der Waals surface area contributed by atoms with Gasteiger partial charge in [-0.1, -0.05) is 17.3 Å². The molecule has 1 N–H and O–H groups in total. The largest absolute Gasteiger partial charge is 0.339 e. The molecule has 10 heteroatoms. The number of nitrogens with zero attached hydrogens (tertiary/aromatic N) is 3. The number of carbonyl (C=O) groups is 1. The number of hydrogen-bond acceptors (Lipinski definition) is 7. The van der Waals surface area contributed by atoms with Crippen LogP contribution in [0.15, 0.2) is 38.4 Å². The predicted octanol–water partition coefficient (Wildman–Crippen LogP) is 4.33. The number of nitrogens with one attached hydrogen (secondary N) is 1. The smallest absolute Gasteiger partial charge is 0.252 e. The van der Waals surface area contributed by atoms with Gasteiger partial charge in [-0.2, -0.15) is 9.29 Å². The van der Waals surface area contributed by atoms with E-state index in [0.29, 0.717) is 49.1 Å². The van der Waals surface area contributed by atoms with Gasteiger partial charge in [0.2, 0.25) is 17.6 Å². The summed E-state index contributed by atoms with van der Waals surface area (Å²) < 4.78 is 33.4. The Kier molecular flexibility index (Phi) is 5.84. The first-order valence-electron chi connectivity index (χ1n) is 11.1. The van der Waals surface area contributed by atoms with Crippen LogP contribution in [0.2, 0.25) is 0 Å². The van der Waals surface area contributed by atoms with E-state index >= 15 is 0 Å². The second-order valence-corrected chi connectivity index (χ2v) is 11.9. The SMILES string of the molecule is Cc1ccc(C)c(NC(=O)C2CCN(S(=O)(=O)c3cc(-c4noc(C5CC5)n4)cs3)CC2)c1. The molecule has 0 radical (unpaired) electrons. The number of anilines is 1. The maximum atomic E-state index is 13.2. The second kappa shape index (κ2) is 8.66. The van der Waals surface area contributed by atoms with Crippen LogP contribution in [-0.4, -0.2) is 41.9 Å². The van der Waals surface area contributed by atoms with Gasteiger partial charge in [0.1, 0.15) is 4.21 Å². The number of amides is 1. The van der Waals surface area contributed by atoms with Crippen molar-refractivity contribution in [3.63, 3.8) is 0 Å². The van der Waals surface area contributed by atoms with E-state index in [9.17, 15) is 13.2 Å². The van der Waals surface area contributed by atoms with Crippen LogP contribution in [0.1, 0.15) is 48.6 Å². The second-order valence-electron chi connectivity index (χ2n) is 8.87. The Balaban J connectivity index is 1.22. The van der Waals surface area contributed by atoms with Crippen molar-refractivity contribution in [2.24, 2.45) is 5.92 Å². The van der Waals surface area contributed by atoms with Gasteiger partial charge in [-0.05, 0) is 62.8 Å². The molecule has 2 aromatic heterocycles. The first kappa shape index (κ1) is 22.2. The van der Waals surface area contributed by atoms with Crippen LogP contribution in [0.4, 0.5) is 5.69 Å². The molecular formula is C23H26N4O4S2. The highest BCUT2D eigenvalue weighted by Gasteiger charge is 2.34. The molecule has 3 heterocycles. The zero-order valence-corrected chi connectivity index (χ0v) is 20.2. The first-order chi connectivity index (χ1) is 15.8. The molecule has 5 rings (SSSR count). The van der Waals surface area contributed by atoms with E-state index in [4.69, 9.17) is 4.52 Å². The Bertz CT molecular complexity index is 1290. The Labute approximate surface area is 197 Å². The van der Waals surface area contributed by atoms with E-state index in [1.54, 1.807) is 11.4 Å². The summed E-state index contributed by atoms with van der Waals surface area (Å²) in [6.45, 7) is 4.57. The number of sulfonamides is 1. The minimum Gasteiger partial charge on any atom is -0.339 e. The van der Waals surface area contributed by atoms with E-state index in [1.807, 2.05) is 32.0 Å². The van der Waals surface area contributed by atoms with Gasteiger partial charge in [-0.15, -0.1) is 11.3 Å². The van der Waals surface area contributed by atoms with Crippen molar-refractivity contribution in [3.8, 4) is 11.4 Å². The summed E-state index contributed by atoms with van der Waals surface area (Å²) >= 11 is 1.16. The summed E-state index contributed by atoms with van der Waals surface area (Å²) in [6, 6.07) is 7.56. The molecule has 3 aromatic rings. The Morgan fingerprint density at radius 2 is 1.91 bits per heavy atom. The number of carbonyl (C=O) groups excluding carboxylic acids is 1. The average molecular weight is 487 g/mol. The molecule has 1 aromatic carbocycles. The lowest BCUT2D eigenvalue weighted by atomic mass is 9.97. The molecule has 1 aliphatic heterocycles. The highest BCUT2D eigenvalue weighted by molar-refractivity contribution is 7.91. The van der Waals surface area contributed by atoms with Crippen LogP contribution in [0, 0.1) is 19.8 Å². The lowest BCUT2D eigenvalue weighted by molar-refractivity contribution is -0.120. The van der Waals surface area contributed by atoms with E-state index in [1.165, 1.54) is 4.31 Å². The maximum Gasteiger partial charge on any atom is 0.252 e. The average Bonchev–Trinajstić information content (AvgIpc) is 3.32. The predicted molar refractivity (Wildman–Crippen MR) is 126 cm³/mol. The fraction of sp³-hybridized carbons (Fsp3) is 0.435. The molecule has 8 nitrogen and oxygen atoms in total. The number of aromatic nitrogens is 2. The molecule has 1 aliphatic carbocycles. The van der Waals surface area contributed by atoms with Crippen LogP contribution in [0.3, 0.4) is 0 Å². The van der Waals surface area contributed by atoms with Gasteiger partial charge >= 0.3 is 0 Å². The molecule has 0 unspecified atom stereocenters. The molecule has 174 valence electrons. The summed E-state index contributed by atoms with van der Waals surface area (Å²) in [5.41, 5.74) is 3.55. The van der Waals surface area contributed by atoms with Gasteiger partial charge in [0, 0.05) is 41.6 Å². The summed E-state index contributed by atoms with van der Waals surface area (Å²) in [5, 5.41) is 8.76. The van der Waals surface area contributed by atoms with E-state index in [0.717, 1.165) is 41.0 Å². The molecule has 33 heavy (non-hydrogen) atoms. The van der Waals surface area contributed by atoms with E-state index in [2.05, 4.69) is 15.5 Å². The number of thiophene rings is 1. The molecule has 1 saturated carbocycles. The third-order valence-corrected chi connectivity index (χ3v) is 9.59. The monoisotopic (exact) mass is 486 g/mol. The molecule has 0 bridgehead atoms. The van der Waals surface area contributed by atoms with Gasteiger partial charge in [0.15, 0.2) is 0 Å². The highest BCUT2D eigenvalue weighted by atomic mass is 32.2. The van der Waals surface area contributed by atoms with Crippen LogP contribution >= 0.6 is 11.3 Å². The van der Waals surface area contributed by atoms with Gasteiger partial charge < -0.3 is 9.84 Å². The Hall–Kier alpha value is -2.56. The fourth-order valence-corrected chi connectivity index (χ4v) is 6.79. The third kappa shape index (κ3) is 4.60. The normalized spacial score (nSPS) is 17.9. The standard InChI is InChI=1S/C23H26N4O4S2/c1-14-3-4-15(2)19(11-14)24-22(28)16-7-9-27(10-8-16)33(29,30)20-12-18(13-32-20)21-25-23(31-26-21)17-5-6-17/h3-4,11-13,16-17H,5-10H2,1-2H3,(H,24,28). The zero-order valence-electron chi connectivity index (χ0n) is 18.6. The van der Waals surface area contributed by atoms with E-state index < -0.39 is 10.0 Å². The van der Waals surface area contributed by atoms with Crippen LogP contribution < -0.4 is 5.32 Å². The number of hydrogen-bond donors (Lipinski definition) is 1. The number of rotatable bonds is 6. The van der Waals surface area contributed by atoms with Gasteiger partial charge in [0.25, 0.3) is 10.0 Å². The molecule has 1 saturated heterocycles. The number of piperidine rings is 1. The zero-order chi connectivity index (χ0) is 23.2. The molecule has 0 atom stereocenters. The van der Waals surface area contributed by atoms with Crippen molar-refractivity contribution in [1.82, 2.24) is 14.4 Å². The van der Waals surface area contributed by atoms with Crippen molar-refractivity contribution in [1.29, 1.82) is 0 Å². The third-order valence-electron chi connectivity index (χ3n) is 6.27. The van der Waals surface area contributed by atoms with Crippen molar-refractivity contribution >= 4 is 33.0 Å². The minimum absolute atomic E-state index is 0.0530. The highest BCUT2D eigenvalue weighted by Crippen LogP contribution is 2.40. The topological polar surface area (TPSA) is 105 Å². The molecule has 1 amide bonds. The van der Waals surface area contributed by atoms with Crippen LogP contribution in [0.5, 0.6) is 0 Å². The van der Waals surface area contributed by atoms with Gasteiger partial charge in [-0.3, -0.25) is 4.79 Å². The van der Waals surface area contributed by atoms with Crippen molar-refractivity contribution in [3.05, 3.63) is 46.7 Å². The fourth-order valence-electron chi connectivity index (χ4n) is 4.01.